The molecule has 29 heavy (non-hydrogen) atoms. The van der Waals surface area contributed by atoms with Gasteiger partial charge in [0, 0.05) is 44.8 Å². The Labute approximate surface area is 169 Å². The van der Waals surface area contributed by atoms with Crippen LogP contribution in [0, 0.1) is 6.92 Å². The molecule has 3 aromatic heterocycles. The number of aryl methyl sites for hydroxylation is 1. The molecule has 1 amide bonds. The summed E-state index contributed by atoms with van der Waals surface area (Å²) in [7, 11) is 0. The number of pyridine rings is 1. The Bertz CT molecular complexity index is 949. The minimum absolute atomic E-state index is 0.0876. The van der Waals surface area contributed by atoms with Gasteiger partial charge in [0.25, 0.3) is 0 Å². The van der Waals surface area contributed by atoms with Crippen molar-refractivity contribution in [2.24, 2.45) is 0 Å². The number of rotatable bonds is 5. The third kappa shape index (κ3) is 4.34. The molecular weight excluding hydrogens is 368 g/mol. The van der Waals surface area contributed by atoms with Gasteiger partial charge in [-0.3, -0.25) is 9.48 Å². The van der Waals surface area contributed by atoms with Gasteiger partial charge in [0.2, 0.25) is 5.91 Å². The standard InChI is InChI=1S/C20H24N8O/c1-15-6-8-21-18(14-15)23-17-4-5-19(25-24-17)26-10-12-27(13-11-26)20(29)16(2)28-9-3-7-22-28/h3-9,14,16H,10-13H2,1-2H3,(H,21,23,24). The third-order valence-electron chi connectivity index (χ3n) is 5.02. The molecule has 3 aromatic rings. The fraction of sp³-hybridized carbons (Fsp3) is 0.350. The summed E-state index contributed by atoms with van der Waals surface area (Å²) in [6.45, 7) is 6.64. The van der Waals surface area contributed by atoms with Crippen LogP contribution in [-0.4, -0.2) is 61.9 Å². The maximum atomic E-state index is 12.7. The fourth-order valence-electron chi connectivity index (χ4n) is 3.34. The first kappa shape index (κ1) is 18.9. The molecule has 0 aromatic carbocycles. The molecule has 0 radical (unpaired) electrons. The van der Waals surface area contributed by atoms with Gasteiger partial charge in [-0.1, -0.05) is 0 Å². The van der Waals surface area contributed by atoms with E-state index in [1.807, 2.05) is 55.3 Å². The quantitative estimate of drug-likeness (QED) is 0.710. The van der Waals surface area contributed by atoms with Crippen molar-refractivity contribution >= 4 is 23.4 Å². The molecule has 150 valence electrons. The SMILES string of the molecule is Cc1ccnc(Nc2ccc(N3CCN(C(=O)C(C)n4cccn4)CC3)nn2)c1. The highest BCUT2D eigenvalue weighted by Gasteiger charge is 2.26. The average Bonchev–Trinajstić information content (AvgIpc) is 3.28. The predicted octanol–water partition coefficient (Wildman–Crippen LogP) is 2.03. The largest absolute Gasteiger partial charge is 0.352 e. The van der Waals surface area contributed by atoms with E-state index >= 15 is 0 Å². The van der Waals surface area contributed by atoms with Crippen LogP contribution in [0.5, 0.6) is 0 Å². The van der Waals surface area contributed by atoms with Gasteiger partial charge in [-0.25, -0.2) is 4.98 Å². The lowest BCUT2D eigenvalue weighted by Gasteiger charge is -2.36. The molecule has 1 fully saturated rings. The molecule has 1 unspecified atom stereocenters. The Balaban J connectivity index is 1.33. The van der Waals surface area contributed by atoms with Gasteiger partial charge >= 0.3 is 0 Å². The summed E-state index contributed by atoms with van der Waals surface area (Å²) in [5.74, 6) is 2.28. The number of carbonyl (C=O) groups is 1. The van der Waals surface area contributed by atoms with Crippen LogP contribution in [0.3, 0.4) is 0 Å². The highest BCUT2D eigenvalue weighted by molar-refractivity contribution is 5.80. The average molecular weight is 392 g/mol. The van der Waals surface area contributed by atoms with E-state index in [1.165, 1.54) is 0 Å². The van der Waals surface area contributed by atoms with E-state index in [4.69, 9.17) is 0 Å². The molecule has 9 nitrogen and oxygen atoms in total. The second-order valence-corrected chi connectivity index (χ2v) is 7.09. The normalized spacial score (nSPS) is 15.2. The van der Waals surface area contributed by atoms with Crippen molar-refractivity contribution < 1.29 is 4.79 Å². The van der Waals surface area contributed by atoms with Gasteiger partial charge in [0.05, 0.1) is 0 Å². The smallest absolute Gasteiger partial charge is 0.247 e. The van der Waals surface area contributed by atoms with Crippen LogP contribution in [0.2, 0.25) is 0 Å². The highest BCUT2D eigenvalue weighted by Crippen LogP contribution is 2.18. The lowest BCUT2D eigenvalue weighted by molar-refractivity contribution is -0.134. The molecule has 1 saturated heterocycles. The summed E-state index contributed by atoms with van der Waals surface area (Å²) in [5, 5.41) is 15.9. The maximum absolute atomic E-state index is 12.7. The van der Waals surface area contributed by atoms with Crippen LogP contribution in [0.4, 0.5) is 17.5 Å². The molecule has 0 saturated carbocycles. The number of carbonyl (C=O) groups excluding carboxylic acids is 1. The molecule has 0 bridgehead atoms. The van der Waals surface area contributed by atoms with Crippen molar-refractivity contribution in [1.29, 1.82) is 0 Å². The second kappa shape index (κ2) is 8.26. The van der Waals surface area contributed by atoms with Crippen molar-refractivity contribution in [1.82, 2.24) is 29.9 Å². The Morgan fingerprint density at radius 1 is 1.07 bits per heavy atom. The maximum Gasteiger partial charge on any atom is 0.247 e. The van der Waals surface area contributed by atoms with Crippen molar-refractivity contribution in [3.63, 3.8) is 0 Å². The number of piperazine rings is 1. The van der Waals surface area contributed by atoms with E-state index < -0.39 is 0 Å². The van der Waals surface area contributed by atoms with Crippen LogP contribution in [0.25, 0.3) is 0 Å². The number of anilines is 3. The Kier molecular flexibility index (Phi) is 5.37. The van der Waals surface area contributed by atoms with Crippen LogP contribution in [0.1, 0.15) is 18.5 Å². The molecule has 9 heteroatoms. The number of aromatic nitrogens is 5. The van der Waals surface area contributed by atoms with E-state index in [0.29, 0.717) is 18.9 Å². The van der Waals surface area contributed by atoms with E-state index in [1.54, 1.807) is 17.1 Å². The highest BCUT2D eigenvalue weighted by atomic mass is 16.2. The van der Waals surface area contributed by atoms with Crippen LogP contribution in [-0.2, 0) is 4.79 Å². The van der Waals surface area contributed by atoms with E-state index in [-0.39, 0.29) is 11.9 Å². The molecule has 4 rings (SSSR count). The van der Waals surface area contributed by atoms with Crippen LogP contribution >= 0.6 is 0 Å². The number of hydrogen-bond donors (Lipinski definition) is 1. The molecule has 0 spiro atoms. The zero-order valence-electron chi connectivity index (χ0n) is 16.6. The first-order valence-electron chi connectivity index (χ1n) is 9.66. The topological polar surface area (TPSA) is 92.1 Å². The van der Waals surface area contributed by atoms with Crippen molar-refractivity contribution in [3.8, 4) is 0 Å². The summed E-state index contributed by atoms with van der Waals surface area (Å²) >= 11 is 0. The molecule has 4 heterocycles. The van der Waals surface area contributed by atoms with Gasteiger partial charge < -0.3 is 15.1 Å². The van der Waals surface area contributed by atoms with E-state index in [2.05, 4.69) is 30.5 Å². The van der Waals surface area contributed by atoms with Crippen molar-refractivity contribution in [2.45, 2.75) is 19.9 Å². The first-order valence-corrected chi connectivity index (χ1v) is 9.66. The van der Waals surface area contributed by atoms with Gasteiger partial charge in [-0.05, 0) is 49.7 Å². The van der Waals surface area contributed by atoms with Crippen LogP contribution < -0.4 is 10.2 Å². The summed E-state index contributed by atoms with van der Waals surface area (Å²) in [6.07, 6.45) is 5.26. The molecule has 0 aliphatic carbocycles. The van der Waals surface area contributed by atoms with E-state index in [0.717, 1.165) is 30.3 Å². The lowest BCUT2D eigenvalue weighted by atomic mass is 10.2. The second-order valence-electron chi connectivity index (χ2n) is 7.09. The monoisotopic (exact) mass is 392 g/mol. The summed E-state index contributed by atoms with van der Waals surface area (Å²) < 4.78 is 1.69. The third-order valence-corrected chi connectivity index (χ3v) is 5.02. The molecular formula is C20H24N8O. The van der Waals surface area contributed by atoms with Crippen LogP contribution in [0.15, 0.2) is 48.9 Å². The molecule has 1 aliphatic rings. The number of hydrogen-bond acceptors (Lipinski definition) is 7. The number of nitrogens with one attached hydrogen (secondary N) is 1. The summed E-state index contributed by atoms with van der Waals surface area (Å²) in [6, 6.07) is 9.26. The molecule has 1 N–H and O–H groups in total. The molecule has 1 aliphatic heterocycles. The summed E-state index contributed by atoms with van der Waals surface area (Å²) in [5.41, 5.74) is 1.13. The van der Waals surface area contributed by atoms with Gasteiger partial charge in [0.1, 0.15) is 11.9 Å². The van der Waals surface area contributed by atoms with Crippen molar-refractivity contribution in [3.05, 3.63) is 54.5 Å². The zero-order valence-corrected chi connectivity index (χ0v) is 16.6. The van der Waals surface area contributed by atoms with E-state index in [9.17, 15) is 4.79 Å². The summed E-state index contributed by atoms with van der Waals surface area (Å²) in [4.78, 5) is 21.0. The Morgan fingerprint density at radius 2 is 1.90 bits per heavy atom. The number of nitrogens with zero attached hydrogens (tertiary/aromatic N) is 7. The Morgan fingerprint density at radius 3 is 2.55 bits per heavy atom. The fourth-order valence-corrected chi connectivity index (χ4v) is 3.34. The zero-order chi connectivity index (χ0) is 20.2. The minimum Gasteiger partial charge on any atom is -0.352 e. The van der Waals surface area contributed by atoms with Crippen molar-refractivity contribution in [2.75, 3.05) is 36.4 Å². The lowest BCUT2D eigenvalue weighted by Crippen LogP contribution is -2.50. The first-order chi connectivity index (χ1) is 14.1. The van der Waals surface area contributed by atoms with Gasteiger partial charge in [-0.2, -0.15) is 5.10 Å². The molecule has 1 atom stereocenters. The number of amides is 1. The van der Waals surface area contributed by atoms with Gasteiger partial charge in [-0.15, -0.1) is 10.2 Å². The van der Waals surface area contributed by atoms with Gasteiger partial charge in [0.15, 0.2) is 11.6 Å². The predicted molar refractivity (Wildman–Crippen MR) is 110 cm³/mol. The Hall–Kier alpha value is -3.49. The minimum atomic E-state index is -0.295.